The van der Waals surface area contributed by atoms with E-state index in [1.807, 2.05) is 91.0 Å². The lowest BCUT2D eigenvalue weighted by molar-refractivity contribution is 0.306. The van der Waals surface area contributed by atoms with Crippen LogP contribution in [0.15, 0.2) is 95.5 Å². The summed E-state index contributed by atoms with van der Waals surface area (Å²) in [6.45, 7) is 0.511. The quantitative estimate of drug-likeness (QED) is 0.479. The monoisotopic (exact) mass is 327 g/mol. The average Bonchev–Trinajstić information content (AvgIpc) is 3.18. The number of benzene rings is 3. The molecule has 1 aromatic heterocycles. The molecule has 0 amide bonds. The Labute approximate surface area is 146 Å². The van der Waals surface area contributed by atoms with E-state index in [0.717, 1.165) is 28.1 Å². The molecule has 3 aromatic carbocycles. The minimum absolute atomic E-state index is 0.511. The first-order valence-electron chi connectivity index (χ1n) is 8.18. The Bertz CT molecular complexity index is 946. The second-order valence-electron chi connectivity index (χ2n) is 5.71. The highest BCUT2D eigenvalue weighted by molar-refractivity contribution is 5.70. The summed E-state index contributed by atoms with van der Waals surface area (Å²) in [4.78, 5) is 0. The first kappa shape index (κ1) is 15.2. The Hall–Kier alpha value is -3.33. The fraction of sp³-hybridized carbons (Fsp3) is 0.0455. The van der Waals surface area contributed by atoms with Crippen LogP contribution in [0.2, 0.25) is 0 Å². The van der Waals surface area contributed by atoms with Gasteiger partial charge in [-0.1, -0.05) is 78.0 Å². The first-order valence-corrected chi connectivity index (χ1v) is 8.18. The largest absolute Gasteiger partial charge is 0.488 e. The number of ether oxygens (including phenoxy) is 1. The van der Waals surface area contributed by atoms with Gasteiger partial charge in [-0.3, -0.25) is 0 Å². The first-order chi connectivity index (χ1) is 12.4. The zero-order chi connectivity index (χ0) is 16.9. The second kappa shape index (κ2) is 7.05. The van der Waals surface area contributed by atoms with Crippen LogP contribution in [0.3, 0.4) is 0 Å². The maximum Gasteiger partial charge on any atom is 0.171 e. The van der Waals surface area contributed by atoms with E-state index in [1.54, 1.807) is 0 Å². The van der Waals surface area contributed by atoms with Gasteiger partial charge in [-0.25, -0.2) is 0 Å². The molecule has 0 radical (unpaired) electrons. The molecule has 1 heterocycles. The maximum absolute atomic E-state index is 6.00. The number of hydrogen-bond acceptors (Lipinski definition) is 3. The highest BCUT2D eigenvalue weighted by Gasteiger charge is 2.13. The Balaban J connectivity index is 1.60. The topological polar surface area (TPSA) is 35.3 Å². The molecular weight excluding hydrogens is 310 g/mol. The summed E-state index contributed by atoms with van der Waals surface area (Å²) < 4.78 is 11.6. The van der Waals surface area contributed by atoms with Gasteiger partial charge in [-0.15, -0.1) is 0 Å². The number of aromatic nitrogens is 1. The molecule has 0 N–H and O–H groups in total. The van der Waals surface area contributed by atoms with Gasteiger partial charge in [0.2, 0.25) is 0 Å². The van der Waals surface area contributed by atoms with Crippen molar-refractivity contribution < 1.29 is 9.26 Å². The van der Waals surface area contributed by atoms with Crippen LogP contribution in [-0.4, -0.2) is 5.16 Å². The van der Waals surface area contributed by atoms with Crippen molar-refractivity contribution in [3.63, 3.8) is 0 Å². The number of nitrogens with zero attached hydrogens (tertiary/aromatic N) is 1. The molecule has 0 fully saturated rings. The van der Waals surface area contributed by atoms with Gasteiger partial charge in [-0.2, -0.15) is 0 Å². The standard InChI is InChI=1S/C22H17NO2/c1-3-9-17(10-4-1)16-24-21-14-8-7-13-19(21)22-15-20(23-25-22)18-11-5-2-6-12-18/h1-15H,16H2. The molecular formula is C22H17NO2. The SMILES string of the molecule is c1ccc(COc2ccccc2-c2cc(-c3ccccc3)no2)cc1. The van der Waals surface area contributed by atoms with Crippen molar-refractivity contribution in [3.05, 3.63) is 96.6 Å². The van der Waals surface area contributed by atoms with Crippen molar-refractivity contribution >= 4 is 0 Å². The Morgan fingerprint density at radius 3 is 2.24 bits per heavy atom. The zero-order valence-corrected chi connectivity index (χ0v) is 13.6. The minimum Gasteiger partial charge on any atom is -0.488 e. The third kappa shape index (κ3) is 3.45. The molecule has 122 valence electrons. The summed E-state index contributed by atoms with van der Waals surface area (Å²) in [5.74, 6) is 1.48. The Morgan fingerprint density at radius 1 is 0.760 bits per heavy atom. The summed E-state index contributed by atoms with van der Waals surface area (Å²) >= 11 is 0. The molecule has 0 aliphatic carbocycles. The molecule has 0 saturated heterocycles. The summed E-state index contributed by atoms with van der Waals surface area (Å²) in [6, 6.07) is 29.9. The highest BCUT2D eigenvalue weighted by atomic mass is 16.5. The number of hydrogen-bond donors (Lipinski definition) is 0. The van der Waals surface area contributed by atoms with Crippen LogP contribution in [-0.2, 0) is 6.61 Å². The van der Waals surface area contributed by atoms with Gasteiger partial charge >= 0.3 is 0 Å². The smallest absolute Gasteiger partial charge is 0.171 e. The average molecular weight is 327 g/mol. The zero-order valence-electron chi connectivity index (χ0n) is 13.6. The molecule has 0 spiro atoms. The van der Waals surface area contributed by atoms with Crippen LogP contribution in [0.25, 0.3) is 22.6 Å². The van der Waals surface area contributed by atoms with E-state index in [4.69, 9.17) is 9.26 Å². The van der Waals surface area contributed by atoms with Crippen molar-refractivity contribution in [3.8, 4) is 28.3 Å². The molecule has 4 rings (SSSR count). The molecule has 0 bridgehead atoms. The van der Waals surface area contributed by atoms with Crippen LogP contribution in [0, 0.1) is 0 Å². The molecule has 0 atom stereocenters. The van der Waals surface area contributed by atoms with Crippen LogP contribution in [0.1, 0.15) is 5.56 Å². The molecule has 3 heteroatoms. The van der Waals surface area contributed by atoms with Crippen molar-refractivity contribution in [1.82, 2.24) is 5.16 Å². The van der Waals surface area contributed by atoms with Crippen LogP contribution >= 0.6 is 0 Å². The van der Waals surface area contributed by atoms with Crippen molar-refractivity contribution in [2.45, 2.75) is 6.61 Å². The van der Waals surface area contributed by atoms with Gasteiger partial charge in [0.25, 0.3) is 0 Å². The van der Waals surface area contributed by atoms with Gasteiger partial charge in [0.1, 0.15) is 18.1 Å². The molecule has 0 aliphatic heterocycles. The number of para-hydroxylation sites is 1. The second-order valence-corrected chi connectivity index (χ2v) is 5.71. The van der Waals surface area contributed by atoms with Crippen LogP contribution in [0.4, 0.5) is 0 Å². The van der Waals surface area contributed by atoms with E-state index < -0.39 is 0 Å². The highest BCUT2D eigenvalue weighted by Crippen LogP contribution is 2.33. The molecule has 0 saturated carbocycles. The van der Waals surface area contributed by atoms with Crippen molar-refractivity contribution in [2.24, 2.45) is 0 Å². The molecule has 4 aromatic rings. The van der Waals surface area contributed by atoms with Gasteiger partial charge in [0.15, 0.2) is 5.76 Å². The lowest BCUT2D eigenvalue weighted by Gasteiger charge is -2.09. The molecule has 25 heavy (non-hydrogen) atoms. The predicted molar refractivity (Wildman–Crippen MR) is 98.1 cm³/mol. The maximum atomic E-state index is 6.00. The van der Waals surface area contributed by atoms with Crippen molar-refractivity contribution in [1.29, 1.82) is 0 Å². The minimum atomic E-state index is 0.511. The van der Waals surface area contributed by atoms with Crippen LogP contribution in [0.5, 0.6) is 5.75 Å². The third-order valence-corrected chi connectivity index (χ3v) is 3.97. The van der Waals surface area contributed by atoms with Crippen molar-refractivity contribution in [2.75, 3.05) is 0 Å². The van der Waals surface area contributed by atoms with Gasteiger partial charge in [0, 0.05) is 11.6 Å². The normalized spacial score (nSPS) is 10.6. The lowest BCUT2D eigenvalue weighted by atomic mass is 10.1. The van der Waals surface area contributed by atoms with E-state index in [-0.39, 0.29) is 0 Å². The van der Waals surface area contributed by atoms with E-state index >= 15 is 0 Å². The Morgan fingerprint density at radius 2 is 1.44 bits per heavy atom. The van der Waals surface area contributed by atoms with E-state index in [2.05, 4.69) is 5.16 Å². The van der Waals surface area contributed by atoms with Crippen LogP contribution < -0.4 is 4.74 Å². The molecule has 0 aliphatic rings. The molecule has 0 unspecified atom stereocenters. The lowest BCUT2D eigenvalue weighted by Crippen LogP contribution is -1.96. The number of rotatable bonds is 5. The summed E-state index contributed by atoms with van der Waals surface area (Å²) in [7, 11) is 0. The summed E-state index contributed by atoms with van der Waals surface area (Å²) in [6.07, 6.45) is 0. The fourth-order valence-electron chi connectivity index (χ4n) is 2.68. The van der Waals surface area contributed by atoms with E-state index in [1.165, 1.54) is 0 Å². The van der Waals surface area contributed by atoms with Gasteiger partial charge in [-0.05, 0) is 17.7 Å². The fourth-order valence-corrected chi connectivity index (χ4v) is 2.68. The Kier molecular flexibility index (Phi) is 4.29. The van der Waals surface area contributed by atoms with E-state index in [0.29, 0.717) is 12.4 Å². The molecule has 3 nitrogen and oxygen atoms in total. The summed E-state index contributed by atoms with van der Waals surface area (Å²) in [5.41, 5.74) is 3.86. The van der Waals surface area contributed by atoms with Gasteiger partial charge in [0.05, 0.1) is 5.56 Å². The predicted octanol–water partition coefficient (Wildman–Crippen LogP) is 5.59. The third-order valence-electron chi connectivity index (χ3n) is 3.97. The van der Waals surface area contributed by atoms with E-state index in [9.17, 15) is 0 Å². The summed E-state index contributed by atoms with van der Waals surface area (Å²) in [5, 5.41) is 4.19. The van der Waals surface area contributed by atoms with Gasteiger partial charge < -0.3 is 9.26 Å².